The van der Waals surface area contributed by atoms with Crippen LogP contribution in [-0.2, 0) is 26.5 Å². The van der Waals surface area contributed by atoms with Crippen molar-refractivity contribution in [3.05, 3.63) is 70.1 Å². The van der Waals surface area contributed by atoms with Gasteiger partial charge in [-0.3, -0.25) is 9.44 Å². The largest absolute Gasteiger partial charge is 0.279 e. The molecule has 0 radical (unpaired) electrons. The van der Waals surface area contributed by atoms with Crippen molar-refractivity contribution in [1.82, 2.24) is 0 Å². The summed E-state index contributed by atoms with van der Waals surface area (Å²) in [6.45, 7) is 7.43. The van der Waals surface area contributed by atoms with E-state index in [4.69, 9.17) is 0 Å². The fourth-order valence-corrected chi connectivity index (χ4v) is 6.47. The summed E-state index contributed by atoms with van der Waals surface area (Å²) in [5.41, 5.74) is 3.16. The van der Waals surface area contributed by atoms with Crippen LogP contribution in [-0.4, -0.2) is 16.8 Å². The lowest BCUT2D eigenvalue weighted by Gasteiger charge is -2.14. The Kier molecular flexibility index (Phi) is 6.26. The average Bonchev–Trinajstić information content (AvgIpc) is 3.16. The SMILES string of the molecule is CCc1ccc(S(=O)(=O)Nc2cc(S(=O)(=O)Nc3ccc(C)cc3C)ccc2C)s1. The van der Waals surface area contributed by atoms with Crippen LogP contribution in [0.2, 0.25) is 0 Å². The zero-order valence-electron chi connectivity index (χ0n) is 17.2. The van der Waals surface area contributed by atoms with Crippen molar-refractivity contribution in [2.75, 3.05) is 9.44 Å². The average molecular weight is 465 g/mol. The minimum absolute atomic E-state index is 0.0220. The van der Waals surface area contributed by atoms with Gasteiger partial charge in [0.2, 0.25) is 0 Å². The van der Waals surface area contributed by atoms with Crippen molar-refractivity contribution < 1.29 is 16.8 Å². The van der Waals surface area contributed by atoms with Gasteiger partial charge < -0.3 is 0 Å². The van der Waals surface area contributed by atoms with E-state index in [0.717, 1.165) is 22.4 Å². The highest BCUT2D eigenvalue weighted by Gasteiger charge is 2.21. The fourth-order valence-electron chi connectivity index (χ4n) is 2.90. The summed E-state index contributed by atoms with van der Waals surface area (Å²) in [6, 6.07) is 13.1. The molecule has 2 aromatic carbocycles. The van der Waals surface area contributed by atoms with Crippen molar-refractivity contribution in [2.45, 2.75) is 43.2 Å². The van der Waals surface area contributed by atoms with E-state index in [1.807, 2.05) is 32.9 Å². The van der Waals surface area contributed by atoms with Gasteiger partial charge in [0.25, 0.3) is 20.0 Å². The van der Waals surface area contributed by atoms with Gasteiger partial charge in [-0.15, -0.1) is 11.3 Å². The van der Waals surface area contributed by atoms with Gasteiger partial charge in [-0.05, 0) is 68.7 Å². The predicted octanol–water partition coefficient (Wildman–Crippen LogP) is 4.84. The number of thiophene rings is 1. The predicted molar refractivity (Wildman–Crippen MR) is 122 cm³/mol. The lowest BCUT2D eigenvalue weighted by atomic mass is 10.1. The molecule has 0 aliphatic heterocycles. The number of sulfonamides is 2. The zero-order valence-corrected chi connectivity index (χ0v) is 19.6. The third kappa shape index (κ3) is 4.85. The van der Waals surface area contributed by atoms with Gasteiger partial charge in [0, 0.05) is 4.88 Å². The van der Waals surface area contributed by atoms with Crippen molar-refractivity contribution in [1.29, 1.82) is 0 Å². The van der Waals surface area contributed by atoms with Crippen LogP contribution in [0.1, 0.15) is 28.5 Å². The van der Waals surface area contributed by atoms with Gasteiger partial charge >= 0.3 is 0 Å². The molecule has 0 spiro atoms. The monoisotopic (exact) mass is 464 g/mol. The van der Waals surface area contributed by atoms with Crippen molar-refractivity contribution in [2.24, 2.45) is 0 Å². The molecule has 2 N–H and O–H groups in total. The topological polar surface area (TPSA) is 92.3 Å². The van der Waals surface area contributed by atoms with Crippen LogP contribution in [0.3, 0.4) is 0 Å². The summed E-state index contributed by atoms with van der Waals surface area (Å²) >= 11 is 1.20. The van der Waals surface area contributed by atoms with Gasteiger partial charge in [0.05, 0.1) is 16.3 Å². The van der Waals surface area contributed by atoms with E-state index < -0.39 is 20.0 Å². The van der Waals surface area contributed by atoms with E-state index in [1.54, 1.807) is 31.2 Å². The number of nitrogens with one attached hydrogen (secondary N) is 2. The Balaban J connectivity index is 1.92. The van der Waals surface area contributed by atoms with Crippen LogP contribution >= 0.6 is 11.3 Å². The molecule has 30 heavy (non-hydrogen) atoms. The Morgan fingerprint density at radius 2 is 1.47 bits per heavy atom. The quantitative estimate of drug-likeness (QED) is 0.523. The lowest BCUT2D eigenvalue weighted by molar-refractivity contribution is 0.599. The van der Waals surface area contributed by atoms with Gasteiger partial charge in [-0.2, -0.15) is 0 Å². The molecular weight excluding hydrogens is 440 g/mol. The van der Waals surface area contributed by atoms with Crippen LogP contribution in [0.25, 0.3) is 0 Å². The highest BCUT2D eigenvalue weighted by atomic mass is 32.2. The van der Waals surface area contributed by atoms with Gasteiger partial charge in [-0.1, -0.05) is 30.7 Å². The molecule has 0 amide bonds. The minimum Gasteiger partial charge on any atom is -0.279 e. The molecule has 0 unspecified atom stereocenters. The number of hydrogen-bond donors (Lipinski definition) is 2. The molecule has 0 bridgehead atoms. The highest BCUT2D eigenvalue weighted by Crippen LogP contribution is 2.28. The Labute approximate surface area is 182 Å². The second kappa shape index (κ2) is 8.41. The molecule has 3 aromatic rings. The molecule has 0 aliphatic carbocycles. The van der Waals surface area contributed by atoms with Crippen molar-refractivity contribution in [3.63, 3.8) is 0 Å². The van der Waals surface area contributed by atoms with E-state index in [-0.39, 0.29) is 14.8 Å². The number of hydrogen-bond acceptors (Lipinski definition) is 5. The number of benzene rings is 2. The highest BCUT2D eigenvalue weighted by molar-refractivity contribution is 7.94. The molecule has 0 saturated heterocycles. The van der Waals surface area contributed by atoms with Crippen LogP contribution in [0.5, 0.6) is 0 Å². The van der Waals surface area contributed by atoms with Crippen LogP contribution < -0.4 is 9.44 Å². The first-order chi connectivity index (χ1) is 14.0. The Bertz CT molecular complexity index is 1290. The van der Waals surface area contributed by atoms with Crippen LogP contribution in [0, 0.1) is 20.8 Å². The molecule has 3 rings (SSSR count). The summed E-state index contributed by atoms with van der Waals surface area (Å²) in [6.07, 6.45) is 0.747. The summed E-state index contributed by atoms with van der Waals surface area (Å²) in [7, 11) is -7.69. The maximum absolute atomic E-state index is 12.9. The van der Waals surface area contributed by atoms with Gasteiger partial charge in [-0.25, -0.2) is 16.8 Å². The fraction of sp³-hybridized carbons (Fsp3) is 0.238. The number of aryl methyl sites for hydroxylation is 4. The molecule has 1 aromatic heterocycles. The Hall–Kier alpha value is -2.36. The summed E-state index contributed by atoms with van der Waals surface area (Å²) in [4.78, 5) is 0.937. The third-order valence-corrected chi connectivity index (χ3v) is 9.09. The number of rotatable bonds is 7. The molecule has 160 valence electrons. The van der Waals surface area contributed by atoms with Crippen LogP contribution in [0.15, 0.2) is 57.6 Å². The molecule has 6 nitrogen and oxygen atoms in total. The maximum Gasteiger partial charge on any atom is 0.271 e. The Morgan fingerprint density at radius 1 is 0.767 bits per heavy atom. The maximum atomic E-state index is 12.9. The zero-order chi connectivity index (χ0) is 22.1. The first-order valence-electron chi connectivity index (χ1n) is 9.34. The van der Waals surface area contributed by atoms with E-state index in [1.165, 1.54) is 23.5 Å². The molecule has 0 saturated carbocycles. The molecule has 0 aliphatic rings. The van der Waals surface area contributed by atoms with E-state index in [0.29, 0.717) is 11.3 Å². The second-order valence-corrected chi connectivity index (χ2v) is 11.8. The molecule has 1 heterocycles. The second-order valence-electron chi connectivity index (χ2n) is 7.08. The summed E-state index contributed by atoms with van der Waals surface area (Å²) in [5, 5.41) is 0. The lowest BCUT2D eigenvalue weighted by Crippen LogP contribution is -2.16. The number of anilines is 2. The van der Waals surface area contributed by atoms with Crippen molar-refractivity contribution in [3.8, 4) is 0 Å². The van der Waals surface area contributed by atoms with E-state index in [2.05, 4.69) is 9.44 Å². The van der Waals surface area contributed by atoms with E-state index >= 15 is 0 Å². The Morgan fingerprint density at radius 3 is 2.10 bits per heavy atom. The minimum atomic E-state index is -3.89. The first-order valence-corrected chi connectivity index (χ1v) is 13.1. The third-order valence-electron chi connectivity index (χ3n) is 4.64. The van der Waals surface area contributed by atoms with E-state index in [9.17, 15) is 16.8 Å². The first kappa shape index (κ1) is 22.3. The standard InChI is InChI=1S/C21H24N2O4S3/c1-5-17-8-11-21(28-17)30(26,27)23-20-13-18(9-7-15(20)3)29(24,25)22-19-10-6-14(2)12-16(19)4/h6-13,22-23H,5H2,1-4H3. The van der Waals surface area contributed by atoms with Crippen LogP contribution in [0.4, 0.5) is 11.4 Å². The smallest absolute Gasteiger partial charge is 0.271 e. The summed E-state index contributed by atoms with van der Waals surface area (Å²) < 4.78 is 56.6. The normalized spacial score (nSPS) is 12.0. The van der Waals surface area contributed by atoms with Gasteiger partial charge in [0.15, 0.2) is 0 Å². The molecule has 9 heteroatoms. The molecular formula is C21H24N2O4S3. The molecule has 0 atom stereocenters. The molecule has 0 fully saturated rings. The summed E-state index contributed by atoms with van der Waals surface area (Å²) in [5.74, 6) is 0. The van der Waals surface area contributed by atoms with Gasteiger partial charge in [0.1, 0.15) is 4.21 Å². The van der Waals surface area contributed by atoms with Crippen molar-refractivity contribution >= 4 is 42.8 Å².